The van der Waals surface area contributed by atoms with E-state index in [0.29, 0.717) is 11.8 Å². The summed E-state index contributed by atoms with van der Waals surface area (Å²) in [6.45, 7) is 9.50. The van der Waals surface area contributed by atoms with Gasteiger partial charge in [0.25, 0.3) is 0 Å². The lowest BCUT2D eigenvalue weighted by Crippen LogP contribution is -2.20. The summed E-state index contributed by atoms with van der Waals surface area (Å²) in [6, 6.07) is 0. The molecule has 0 heterocycles. The zero-order chi connectivity index (χ0) is 27.5. The first-order valence-electron chi connectivity index (χ1n) is 16.5. The third kappa shape index (κ3) is 25.9. The van der Waals surface area contributed by atoms with Crippen molar-refractivity contribution in [1.29, 1.82) is 0 Å². The summed E-state index contributed by atoms with van der Waals surface area (Å²) in [5, 5.41) is 0. The van der Waals surface area contributed by atoms with Gasteiger partial charge in [-0.25, -0.2) is 8.37 Å². The third-order valence-corrected chi connectivity index (χ3v) is 8.61. The van der Waals surface area contributed by atoms with Gasteiger partial charge in [0, 0.05) is 0 Å². The molecule has 2 atom stereocenters. The number of hydrogen-bond acceptors (Lipinski definition) is 4. The molecule has 0 N–H and O–H groups in total. The van der Waals surface area contributed by atoms with Gasteiger partial charge >= 0.3 is 10.4 Å². The van der Waals surface area contributed by atoms with Crippen LogP contribution in [0.4, 0.5) is 0 Å². The maximum atomic E-state index is 12.6. The molecule has 0 rings (SSSR count). The van der Waals surface area contributed by atoms with Crippen molar-refractivity contribution in [3.63, 3.8) is 0 Å². The summed E-state index contributed by atoms with van der Waals surface area (Å²) >= 11 is 0. The second-order valence-electron chi connectivity index (χ2n) is 11.5. The average Bonchev–Trinajstić information content (AvgIpc) is 2.89. The molecule has 0 aromatic heterocycles. The molecule has 37 heavy (non-hydrogen) atoms. The van der Waals surface area contributed by atoms with Gasteiger partial charge in [-0.3, -0.25) is 0 Å². The lowest BCUT2D eigenvalue weighted by molar-refractivity contribution is 0.155. The Labute approximate surface area is 233 Å². The van der Waals surface area contributed by atoms with Crippen molar-refractivity contribution in [2.24, 2.45) is 11.8 Å². The summed E-state index contributed by atoms with van der Waals surface area (Å²) in [7, 11) is -3.93. The molecule has 0 aromatic carbocycles. The summed E-state index contributed by atoms with van der Waals surface area (Å²) < 4.78 is 36.2. The first-order chi connectivity index (χ1) is 18.0. The normalized spacial score (nSPS) is 13.7. The maximum Gasteiger partial charge on any atom is 0.399 e. The van der Waals surface area contributed by atoms with Crippen LogP contribution in [0.2, 0.25) is 0 Å². The second-order valence-corrected chi connectivity index (χ2v) is 12.8. The second kappa shape index (κ2) is 27.4. The fraction of sp³-hybridized carbons (Fsp3) is 1.00. The van der Waals surface area contributed by atoms with E-state index in [1.807, 2.05) is 0 Å². The molecule has 0 bridgehead atoms. The molecule has 0 aromatic rings. The molecule has 0 amide bonds. The Balaban J connectivity index is 4.59. The monoisotopic (exact) mass is 546 g/mol. The van der Waals surface area contributed by atoms with Crippen LogP contribution in [0, 0.1) is 11.8 Å². The summed E-state index contributed by atoms with van der Waals surface area (Å²) in [5.41, 5.74) is 0. The van der Waals surface area contributed by atoms with E-state index >= 15 is 0 Å². The van der Waals surface area contributed by atoms with Crippen molar-refractivity contribution < 1.29 is 16.8 Å². The molecule has 2 unspecified atom stereocenters. The maximum absolute atomic E-state index is 12.6. The van der Waals surface area contributed by atoms with E-state index in [0.717, 1.165) is 38.5 Å². The molecule has 0 saturated carbocycles. The van der Waals surface area contributed by atoms with Gasteiger partial charge in [0.2, 0.25) is 0 Å². The van der Waals surface area contributed by atoms with E-state index in [1.165, 1.54) is 116 Å². The highest BCUT2D eigenvalue weighted by Crippen LogP contribution is 2.22. The predicted molar refractivity (Wildman–Crippen MR) is 161 cm³/mol. The highest BCUT2D eigenvalue weighted by Gasteiger charge is 2.20. The molecular formula is C32H66O4S. The largest absolute Gasteiger partial charge is 0.399 e. The summed E-state index contributed by atoms with van der Waals surface area (Å²) in [6.07, 6.45) is 29.2. The quantitative estimate of drug-likeness (QED) is 0.0841. The van der Waals surface area contributed by atoms with Crippen LogP contribution < -0.4 is 0 Å². The molecule has 0 aliphatic carbocycles. The van der Waals surface area contributed by atoms with Crippen molar-refractivity contribution >= 4 is 10.4 Å². The fourth-order valence-corrected chi connectivity index (χ4v) is 5.95. The van der Waals surface area contributed by atoms with Crippen LogP contribution in [-0.4, -0.2) is 21.6 Å². The van der Waals surface area contributed by atoms with Gasteiger partial charge in [0.05, 0.1) is 13.2 Å². The Bertz CT molecular complexity index is 507. The molecular weight excluding hydrogens is 480 g/mol. The van der Waals surface area contributed by atoms with E-state index in [4.69, 9.17) is 8.37 Å². The van der Waals surface area contributed by atoms with Gasteiger partial charge < -0.3 is 0 Å². The van der Waals surface area contributed by atoms with Crippen molar-refractivity contribution in [2.75, 3.05) is 13.2 Å². The van der Waals surface area contributed by atoms with Gasteiger partial charge in [-0.2, -0.15) is 8.42 Å². The molecule has 0 saturated heterocycles. The summed E-state index contributed by atoms with van der Waals surface area (Å²) in [5.74, 6) is 0.628. The van der Waals surface area contributed by atoms with E-state index in [2.05, 4.69) is 27.7 Å². The van der Waals surface area contributed by atoms with Crippen LogP contribution in [0.5, 0.6) is 0 Å². The minimum atomic E-state index is -3.93. The van der Waals surface area contributed by atoms with Crippen molar-refractivity contribution in [3.8, 4) is 0 Å². The molecule has 0 aliphatic rings. The molecule has 4 nitrogen and oxygen atoms in total. The molecule has 5 heteroatoms. The fourth-order valence-electron chi connectivity index (χ4n) is 5.16. The third-order valence-electron chi connectivity index (χ3n) is 7.76. The summed E-state index contributed by atoms with van der Waals surface area (Å²) in [4.78, 5) is 0. The lowest BCUT2D eigenvalue weighted by atomic mass is 9.95. The zero-order valence-corrected chi connectivity index (χ0v) is 26.4. The van der Waals surface area contributed by atoms with Gasteiger partial charge in [-0.1, -0.05) is 156 Å². The van der Waals surface area contributed by atoms with E-state index in [-0.39, 0.29) is 13.2 Å². The van der Waals surface area contributed by atoms with Crippen LogP contribution in [0.25, 0.3) is 0 Å². The van der Waals surface area contributed by atoms with E-state index in [9.17, 15) is 8.42 Å². The molecule has 0 spiro atoms. The van der Waals surface area contributed by atoms with Gasteiger partial charge in [0.15, 0.2) is 0 Å². The van der Waals surface area contributed by atoms with Crippen LogP contribution in [-0.2, 0) is 18.8 Å². The standard InChI is InChI=1S/C32H66O4S/c1-5-9-13-17-19-23-27-31(25-21-15-11-7-3)29-35-37(33,34)36-30-32(26-22-16-12-8-4)28-24-20-18-14-10-6-2/h31-32H,5-30H2,1-4H3. The number of hydrogen-bond donors (Lipinski definition) is 0. The zero-order valence-electron chi connectivity index (χ0n) is 25.6. The van der Waals surface area contributed by atoms with Crippen LogP contribution >= 0.6 is 0 Å². The Kier molecular flexibility index (Phi) is 27.3. The van der Waals surface area contributed by atoms with Gasteiger partial charge in [0.1, 0.15) is 0 Å². The minimum absolute atomic E-state index is 0.280. The first-order valence-corrected chi connectivity index (χ1v) is 17.9. The van der Waals surface area contributed by atoms with Gasteiger partial charge in [-0.05, 0) is 37.5 Å². The highest BCUT2D eigenvalue weighted by molar-refractivity contribution is 7.81. The minimum Gasteiger partial charge on any atom is -0.248 e. The van der Waals surface area contributed by atoms with Crippen molar-refractivity contribution in [3.05, 3.63) is 0 Å². The lowest BCUT2D eigenvalue weighted by Gasteiger charge is -2.19. The van der Waals surface area contributed by atoms with Crippen LogP contribution in [0.3, 0.4) is 0 Å². The smallest absolute Gasteiger partial charge is 0.248 e. The predicted octanol–water partition coefficient (Wildman–Crippen LogP) is 10.9. The number of unbranched alkanes of at least 4 members (excludes halogenated alkanes) is 16. The Hall–Kier alpha value is -0.130. The van der Waals surface area contributed by atoms with Crippen LogP contribution in [0.1, 0.15) is 182 Å². The Morgan fingerprint density at radius 2 is 0.649 bits per heavy atom. The Morgan fingerprint density at radius 1 is 0.405 bits per heavy atom. The molecule has 224 valence electrons. The average molecular weight is 547 g/mol. The molecule has 0 fully saturated rings. The van der Waals surface area contributed by atoms with Crippen LogP contribution in [0.15, 0.2) is 0 Å². The van der Waals surface area contributed by atoms with Gasteiger partial charge in [-0.15, -0.1) is 0 Å². The SMILES string of the molecule is CCCCCCCCC(CCCCCC)COS(=O)(=O)OCC(CCCCCC)CCCCCCCC. The van der Waals surface area contributed by atoms with E-state index in [1.54, 1.807) is 0 Å². The Morgan fingerprint density at radius 3 is 0.946 bits per heavy atom. The topological polar surface area (TPSA) is 52.6 Å². The van der Waals surface area contributed by atoms with Crippen molar-refractivity contribution in [2.45, 2.75) is 182 Å². The first kappa shape index (κ1) is 36.9. The van der Waals surface area contributed by atoms with E-state index < -0.39 is 10.4 Å². The number of rotatable bonds is 30. The molecule has 0 aliphatic heterocycles. The molecule has 0 radical (unpaired) electrons. The highest BCUT2D eigenvalue weighted by atomic mass is 32.3. The van der Waals surface area contributed by atoms with Crippen molar-refractivity contribution in [1.82, 2.24) is 0 Å².